The van der Waals surface area contributed by atoms with Gasteiger partial charge < -0.3 is 9.84 Å². The normalized spacial score (nSPS) is 18.2. The van der Waals surface area contributed by atoms with Crippen LogP contribution in [0, 0.1) is 0 Å². The molecule has 0 bridgehead atoms. The van der Waals surface area contributed by atoms with E-state index in [-0.39, 0.29) is 10.7 Å². The molecule has 1 aliphatic carbocycles. The smallest absolute Gasteiger partial charge is 0.241 e. The van der Waals surface area contributed by atoms with Gasteiger partial charge in [-0.1, -0.05) is 5.16 Å². The van der Waals surface area contributed by atoms with Gasteiger partial charge in [0.15, 0.2) is 5.82 Å². The van der Waals surface area contributed by atoms with Crippen molar-refractivity contribution in [2.75, 3.05) is 11.6 Å². The molecule has 70 valence electrons. The molecule has 1 saturated carbocycles. The molecular formula is C8H10N2O2S. The van der Waals surface area contributed by atoms with Gasteiger partial charge in [-0.15, -0.1) is 11.8 Å². The van der Waals surface area contributed by atoms with Gasteiger partial charge in [0.05, 0.1) is 4.75 Å². The van der Waals surface area contributed by atoms with E-state index < -0.39 is 0 Å². The lowest BCUT2D eigenvalue weighted by Gasteiger charge is -2.09. The quantitative estimate of drug-likeness (QED) is 0.799. The third-order valence-electron chi connectivity index (χ3n) is 2.19. The second kappa shape index (κ2) is 3.06. The van der Waals surface area contributed by atoms with E-state index in [1.54, 1.807) is 17.8 Å². The van der Waals surface area contributed by atoms with E-state index >= 15 is 0 Å². The van der Waals surface area contributed by atoms with Crippen LogP contribution in [0.5, 0.6) is 0 Å². The molecule has 13 heavy (non-hydrogen) atoms. The maximum Gasteiger partial charge on any atom is 0.241 e. The predicted octanol–water partition coefficient (Wildman–Crippen LogP) is 1.51. The standard InChI is InChI=1S/C8H10N2O2S/c1-13-8(3-4-8)7(11)9-6-2-5-12-10-6/h2,5H,3-4H2,1H3,(H,9,10,11). The molecule has 0 saturated heterocycles. The summed E-state index contributed by atoms with van der Waals surface area (Å²) in [5.41, 5.74) is 0. The van der Waals surface area contributed by atoms with Crippen molar-refractivity contribution < 1.29 is 9.32 Å². The zero-order valence-corrected chi connectivity index (χ0v) is 8.06. The second-order valence-electron chi connectivity index (χ2n) is 3.04. The number of carbonyl (C=O) groups excluding carboxylic acids is 1. The Hall–Kier alpha value is -0.970. The SMILES string of the molecule is CSC1(C(=O)Nc2ccon2)CC1. The van der Waals surface area contributed by atoms with E-state index in [0.29, 0.717) is 5.82 Å². The van der Waals surface area contributed by atoms with Crippen LogP contribution in [0.1, 0.15) is 12.8 Å². The Balaban J connectivity index is 2.00. The molecule has 1 heterocycles. The molecular weight excluding hydrogens is 188 g/mol. The largest absolute Gasteiger partial charge is 0.363 e. The van der Waals surface area contributed by atoms with Crippen molar-refractivity contribution in [2.24, 2.45) is 0 Å². The van der Waals surface area contributed by atoms with Crippen LogP contribution in [0.25, 0.3) is 0 Å². The number of aromatic nitrogens is 1. The van der Waals surface area contributed by atoms with Gasteiger partial charge in [0.1, 0.15) is 6.26 Å². The molecule has 1 aromatic heterocycles. The van der Waals surface area contributed by atoms with Gasteiger partial charge in [0.25, 0.3) is 0 Å². The first-order chi connectivity index (χ1) is 6.27. The molecule has 1 aliphatic rings. The van der Waals surface area contributed by atoms with Crippen LogP contribution in [0.15, 0.2) is 16.9 Å². The molecule has 0 aliphatic heterocycles. The van der Waals surface area contributed by atoms with Crippen LogP contribution in [0.3, 0.4) is 0 Å². The van der Waals surface area contributed by atoms with Gasteiger partial charge in [-0.2, -0.15) is 0 Å². The van der Waals surface area contributed by atoms with Gasteiger partial charge >= 0.3 is 0 Å². The summed E-state index contributed by atoms with van der Waals surface area (Å²) in [6.07, 6.45) is 5.30. The number of anilines is 1. The van der Waals surface area contributed by atoms with Gasteiger partial charge in [0.2, 0.25) is 5.91 Å². The molecule has 1 fully saturated rings. The summed E-state index contributed by atoms with van der Waals surface area (Å²) < 4.78 is 4.42. The highest BCUT2D eigenvalue weighted by Crippen LogP contribution is 2.47. The Labute approximate surface area is 80.1 Å². The molecule has 1 aromatic rings. The Bertz CT molecular complexity index is 306. The highest BCUT2D eigenvalue weighted by Gasteiger charge is 2.49. The minimum absolute atomic E-state index is 0.0360. The molecule has 4 nitrogen and oxygen atoms in total. The number of nitrogens with one attached hydrogen (secondary N) is 1. The Morgan fingerprint density at radius 2 is 2.54 bits per heavy atom. The van der Waals surface area contributed by atoms with Crippen molar-refractivity contribution in [3.63, 3.8) is 0 Å². The van der Waals surface area contributed by atoms with E-state index in [9.17, 15) is 4.79 Å². The lowest BCUT2D eigenvalue weighted by molar-refractivity contribution is -0.116. The molecule has 0 atom stereocenters. The molecule has 5 heteroatoms. The molecule has 1 amide bonds. The van der Waals surface area contributed by atoms with Crippen LogP contribution in [-0.4, -0.2) is 22.1 Å². The molecule has 0 unspecified atom stereocenters. The fourth-order valence-corrected chi connectivity index (χ4v) is 1.89. The third-order valence-corrected chi connectivity index (χ3v) is 3.56. The second-order valence-corrected chi connectivity index (χ2v) is 4.23. The predicted molar refractivity (Wildman–Crippen MR) is 50.6 cm³/mol. The lowest BCUT2D eigenvalue weighted by atomic mass is 10.4. The lowest BCUT2D eigenvalue weighted by Crippen LogP contribution is -2.26. The van der Waals surface area contributed by atoms with Crippen molar-refractivity contribution >= 4 is 23.5 Å². The summed E-state index contributed by atoms with van der Waals surface area (Å²) in [5, 5.41) is 6.33. The van der Waals surface area contributed by atoms with Crippen molar-refractivity contribution in [1.82, 2.24) is 5.16 Å². The monoisotopic (exact) mass is 198 g/mol. The molecule has 2 rings (SSSR count). The number of carbonyl (C=O) groups is 1. The Kier molecular flexibility index (Phi) is 2.03. The Morgan fingerprint density at radius 3 is 3.00 bits per heavy atom. The van der Waals surface area contributed by atoms with Crippen molar-refractivity contribution in [1.29, 1.82) is 0 Å². The fourth-order valence-electron chi connectivity index (χ4n) is 1.14. The fraction of sp³-hybridized carbons (Fsp3) is 0.500. The molecule has 0 spiro atoms. The summed E-state index contributed by atoms with van der Waals surface area (Å²) in [6.45, 7) is 0. The van der Waals surface area contributed by atoms with E-state index in [1.165, 1.54) is 6.26 Å². The minimum Gasteiger partial charge on any atom is -0.363 e. The number of hydrogen-bond donors (Lipinski definition) is 1. The first-order valence-electron chi connectivity index (χ1n) is 4.04. The van der Waals surface area contributed by atoms with Gasteiger partial charge in [-0.3, -0.25) is 4.79 Å². The van der Waals surface area contributed by atoms with E-state index in [4.69, 9.17) is 0 Å². The van der Waals surface area contributed by atoms with Crippen molar-refractivity contribution in [3.05, 3.63) is 12.3 Å². The average Bonchev–Trinajstić information content (AvgIpc) is 2.79. The van der Waals surface area contributed by atoms with Crippen LogP contribution < -0.4 is 5.32 Å². The maximum absolute atomic E-state index is 11.6. The molecule has 1 N–H and O–H groups in total. The Morgan fingerprint density at radius 1 is 1.77 bits per heavy atom. The van der Waals surface area contributed by atoms with Crippen molar-refractivity contribution in [2.45, 2.75) is 17.6 Å². The maximum atomic E-state index is 11.6. The number of rotatable bonds is 3. The van der Waals surface area contributed by atoms with Crippen LogP contribution in [0.2, 0.25) is 0 Å². The summed E-state index contributed by atoms with van der Waals surface area (Å²) in [4.78, 5) is 11.6. The van der Waals surface area contributed by atoms with E-state index in [2.05, 4.69) is 15.0 Å². The zero-order chi connectivity index (χ0) is 9.31. The number of amides is 1. The summed E-state index contributed by atoms with van der Waals surface area (Å²) >= 11 is 1.60. The van der Waals surface area contributed by atoms with Gasteiger partial charge in [0, 0.05) is 6.07 Å². The van der Waals surface area contributed by atoms with Gasteiger partial charge in [-0.25, -0.2) is 0 Å². The van der Waals surface area contributed by atoms with Crippen LogP contribution in [-0.2, 0) is 4.79 Å². The first kappa shape index (κ1) is 8.62. The van der Waals surface area contributed by atoms with E-state index in [1.807, 2.05) is 6.26 Å². The number of hydrogen-bond acceptors (Lipinski definition) is 4. The minimum atomic E-state index is -0.195. The molecule has 0 radical (unpaired) electrons. The number of thioether (sulfide) groups is 1. The highest BCUT2D eigenvalue weighted by atomic mass is 32.2. The first-order valence-corrected chi connectivity index (χ1v) is 5.26. The average molecular weight is 198 g/mol. The van der Waals surface area contributed by atoms with Crippen molar-refractivity contribution in [3.8, 4) is 0 Å². The zero-order valence-electron chi connectivity index (χ0n) is 7.24. The summed E-state index contributed by atoms with van der Waals surface area (Å²) in [7, 11) is 0. The number of nitrogens with zero attached hydrogens (tertiary/aromatic N) is 1. The van der Waals surface area contributed by atoms with Crippen LogP contribution in [0.4, 0.5) is 5.82 Å². The highest BCUT2D eigenvalue weighted by molar-refractivity contribution is 8.01. The van der Waals surface area contributed by atoms with Crippen LogP contribution >= 0.6 is 11.8 Å². The molecule has 0 aromatic carbocycles. The topological polar surface area (TPSA) is 55.1 Å². The third kappa shape index (κ3) is 1.56. The van der Waals surface area contributed by atoms with Gasteiger partial charge in [-0.05, 0) is 19.1 Å². The summed E-state index contributed by atoms with van der Waals surface area (Å²) in [5.74, 6) is 0.527. The summed E-state index contributed by atoms with van der Waals surface area (Å²) in [6, 6.07) is 1.63. The van der Waals surface area contributed by atoms with E-state index in [0.717, 1.165) is 12.8 Å².